The van der Waals surface area contributed by atoms with Gasteiger partial charge in [-0.15, -0.1) is 0 Å². The summed E-state index contributed by atoms with van der Waals surface area (Å²) in [5.41, 5.74) is 0.204. The second kappa shape index (κ2) is 5.13. The topological polar surface area (TPSA) is 47.4 Å². The van der Waals surface area contributed by atoms with Crippen LogP contribution in [0, 0.1) is 5.41 Å². The maximum Gasteiger partial charge on any atom is 0.222 e. The first-order chi connectivity index (χ1) is 9.17. The van der Waals surface area contributed by atoms with Crippen LogP contribution in [0.4, 0.5) is 0 Å². The van der Waals surface area contributed by atoms with E-state index in [4.69, 9.17) is 16.3 Å². The maximum absolute atomic E-state index is 12.0. The van der Waals surface area contributed by atoms with Crippen LogP contribution in [-0.4, -0.2) is 46.9 Å². The second-order valence-corrected chi connectivity index (χ2v) is 5.98. The number of piperidine rings is 1. The Bertz CT molecular complexity index is 468. The lowest BCUT2D eigenvalue weighted by Gasteiger charge is -2.39. The van der Waals surface area contributed by atoms with Crippen molar-refractivity contribution in [2.45, 2.75) is 25.8 Å². The molecule has 0 aliphatic carbocycles. The van der Waals surface area contributed by atoms with E-state index in [-0.39, 0.29) is 11.3 Å². The molecule has 1 amide bonds. The standard InChI is InChI=1S/C13H18ClN3O2/c14-11-7-15-17(8-11)5-4-16-9-13(2-1-12(16)18)3-6-19-10-13/h7-8H,1-6,9-10H2. The third-order valence-electron chi connectivity index (χ3n) is 4.13. The van der Waals surface area contributed by atoms with Crippen LogP contribution < -0.4 is 0 Å². The number of amides is 1. The Morgan fingerprint density at radius 3 is 3.00 bits per heavy atom. The SMILES string of the molecule is O=C1CCC2(CCOC2)CN1CCn1cc(Cl)cn1. The number of ether oxygens (including phenoxy) is 1. The number of carbonyl (C=O) groups excluding carboxylic acids is 1. The molecule has 2 aliphatic heterocycles. The molecule has 0 radical (unpaired) electrons. The van der Waals surface area contributed by atoms with Crippen LogP contribution in [0.3, 0.4) is 0 Å². The van der Waals surface area contributed by atoms with E-state index in [1.165, 1.54) is 0 Å². The predicted molar refractivity (Wildman–Crippen MR) is 70.9 cm³/mol. The predicted octanol–water partition coefficient (Wildman–Crippen LogP) is 1.57. The zero-order valence-corrected chi connectivity index (χ0v) is 11.6. The highest BCUT2D eigenvalue weighted by Crippen LogP contribution is 2.37. The van der Waals surface area contributed by atoms with Crippen LogP contribution in [0.5, 0.6) is 0 Å². The van der Waals surface area contributed by atoms with Gasteiger partial charge in [-0.25, -0.2) is 0 Å². The number of hydrogen-bond donors (Lipinski definition) is 0. The minimum atomic E-state index is 0.204. The lowest BCUT2D eigenvalue weighted by Crippen LogP contribution is -2.47. The Morgan fingerprint density at radius 1 is 1.42 bits per heavy atom. The Morgan fingerprint density at radius 2 is 2.32 bits per heavy atom. The van der Waals surface area contributed by atoms with Gasteiger partial charge in [0.25, 0.3) is 0 Å². The smallest absolute Gasteiger partial charge is 0.222 e. The Labute approximate surface area is 117 Å². The first kappa shape index (κ1) is 12.9. The first-order valence-corrected chi connectivity index (χ1v) is 7.08. The van der Waals surface area contributed by atoms with Crippen molar-refractivity contribution < 1.29 is 9.53 Å². The molecule has 1 aromatic rings. The lowest BCUT2D eigenvalue weighted by atomic mass is 9.79. The van der Waals surface area contributed by atoms with Gasteiger partial charge in [-0.1, -0.05) is 11.6 Å². The van der Waals surface area contributed by atoms with Gasteiger partial charge in [0.05, 0.1) is 24.4 Å². The van der Waals surface area contributed by atoms with E-state index in [1.54, 1.807) is 17.1 Å². The molecule has 3 rings (SSSR count). The van der Waals surface area contributed by atoms with Gasteiger partial charge < -0.3 is 9.64 Å². The summed E-state index contributed by atoms with van der Waals surface area (Å²) in [6.45, 7) is 3.83. The molecule has 1 spiro atoms. The molecule has 2 saturated heterocycles. The van der Waals surface area contributed by atoms with Gasteiger partial charge in [0.2, 0.25) is 5.91 Å². The molecule has 2 fully saturated rings. The quantitative estimate of drug-likeness (QED) is 0.846. The molecule has 6 heteroatoms. The Balaban J connectivity index is 1.60. The molecule has 5 nitrogen and oxygen atoms in total. The van der Waals surface area contributed by atoms with Gasteiger partial charge in [-0.05, 0) is 12.8 Å². The first-order valence-electron chi connectivity index (χ1n) is 6.70. The molecule has 0 N–H and O–H groups in total. The van der Waals surface area contributed by atoms with E-state index < -0.39 is 0 Å². The molecule has 0 aromatic carbocycles. The fourth-order valence-electron chi connectivity index (χ4n) is 2.96. The van der Waals surface area contributed by atoms with Crippen molar-refractivity contribution in [3.05, 3.63) is 17.4 Å². The van der Waals surface area contributed by atoms with Crippen LogP contribution in [0.2, 0.25) is 5.02 Å². The number of rotatable bonds is 3. The number of nitrogens with zero attached hydrogens (tertiary/aromatic N) is 3. The molecule has 1 aromatic heterocycles. The van der Waals surface area contributed by atoms with Crippen molar-refractivity contribution in [2.24, 2.45) is 5.41 Å². The normalized spacial score (nSPS) is 27.4. The van der Waals surface area contributed by atoms with E-state index in [0.29, 0.717) is 24.5 Å². The highest BCUT2D eigenvalue weighted by molar-refractivity contribution is 6.30. The number of likely N-dealkylation sites (tertiary alicyclic amines) is 1. The van der Waals surface area contributed by atoms with Crippen LogP contribution >= 0.6 is 11.6 Å². The minimum Gasteiger partial charge on any atom is -0.381 e. The largest absolute Gasteiger partial charge is 0.381 e. The van der Waals surface area contributed by atoms with Crippen LogP contribution in [0.1, 0.15) is 19.3 Å². The van der Waals surface area contributed by atoms with Crippen molar-refractivity contribution >= 4 is 17.5 Å². The van der Waals surface area contributed by atoms with Crippen molar-refractivity contribution in [3.8, 4) is 0 Å². The van der Waals surface area contributed by atoms with Crippen molar-refractivity contribution in [1.29, 1.82) is 0 Å². The number of aromatic nitrogens is 2. The third-order valence-corrected chi connectivity index (χ3v) is 4.33. The number of carbonyl (C=O) groups is 1. The molecule has 2 aliphatic rings. The monoisotopic (exact) mass is 283 g/mol. The van der Waals surface area contributed by atoms with Crippen LogP contribution in [0.25, 0.3) is 0 Å². The highest BCUT2D eigenvalue weighted by atomic mass is 35.5. The fraction of sp³-hybridized carbons (Fsp3) is 0.692. The Kier molecular flexibility index (Phi) is 3.50. The van der Waals surface area contributed by atoms with Gasteiger partial charge in [0.15, 0.2) is 0 Å². The van der Waals surface area contributed by atoms with E-state index in [1.807, 2.05) is 4.90 Å². The Hall–Kier alpha value is -1.07. The van der Waals surface area contributed by atoms with E-state index in [9.17, 15) is 4.79 Å². The second-order valence-electron chi connectivity index (χ2n) is 5.54. The molecule has 1 unspecified atom stereocenters. The van der Waals surface area contributed by atoms with Crippen molar-refractivity contribution in [2.75, 3.05) is 26.3 Å². The van der Waals surface area contributed by atoms with Gasteiger partial charge in [0, 0.05) is 37.7 Å². The van der Waals surface area contributed by atoms with E-state index >= 15 is 0 Å². The minimum absolute atomic E-state index is 0.204. The molecule has 1 atom stereocenters. The summed E-state index contributed by atoms with van der Waals surface area (Å²) < 4.78 is 7.29. The number of halogens is 1. The summed E-state index contributed by atoms with van der Waals surface area (Å²) in [7, 11) is 0. The van der Waals surface area contributed by atoms with Gasteiger partial charge >= 0.3 is 0 Å². The van der Waals surface area contributed by atoms with Gasteiger partial charge in [0.1, 0.15) is 0 Å². The lowest BCUT2D eigenvalue weighted by molar-refractivity contribution is -0.137. The number of hydrogen-bond acceptors (Lipinski definition) is 3. The van der Waals surface area contributed by atoms with E-state index in [2.05, 4.69) is 5.10 Å². The molecule has 0 saturated carbocycles. The average Bonchev–Trinajstić information content (AvgIpc) is 3.01. The molecule has 0 bridgehead atoms. The average molecular weight is 284 g/mol. The summed E-state index contributed by atoms with van der Waals surface area (Å²) >= 11 is 5.83. The van der Waals surface area contributed by atoms with Crippen LogP contribution in [-0.2, 0) is 16.1 Å². The molecule has 104 valence electrons. The summed E-state index contributed by atoms with van der Waals surface area (Å²) in [6.07, 6.45) is 6.08. The van der Waals surface area contributed by atoms with Crippen molar-refractivity contribution in [3.63, 3.8) is 0 Å². The summed E-state index contributed by atoms with van der Waals surface area (Å²) in [6, 6.07) is 0. The zero-order valence-electron chi connectivity index (χ0n) is 10.8. The third kappa shape index (κ3) is 2.77. The van der Waals surface area contributed by atoms with Crippen molar-refractivity contribution in [1.82, 2.24) is 14.7 Å². The fourth-order valence-corrected chi connectivity index (χ4v) is 3.12. The van der Waals surface area contributed by atoms with E-state index in [0.717, 1.165) is 32.6 Å². The summed E-state index contributed by atoms with van der Waals surface area (Å²) in [4.78, 5) is 13.9. The maximum atomic E-state index is 12.0. The molecule has 3 heterocycles. The summed E-state index contributed by atoms with van der Waals surface area (Å²) in [5, 5.41) is 4.77. The highest BCUT2D eigenvalue weighted by Gasteiger charge is 2.41. The molecular weight excluding hydrogens is 266 g/mol. The molecule has 19 heavy (non-hydrogen) atoms. The zero-order chi connectivity index (χ0) is 13.3. The van der Waals surface area contributed by atoms with Gasteiger partial charge in [-0.3, -0.25) is 9.48 Å². The van der Waals surface area contributed by atoms with Crippen LogP contribution in [0.15, 0.2) is 12.4 Å². The van der Waals surface area contributed by atoms with Gasteiger partial charge in [-0.2, -0.15) is 5.10 Å². The molecular formula is C13H18ClN3O2. The summed E-state index contributed by atoms with van der Waals surface area (Å²) in [5.74, 6) is 0.246.